The molecule has 0 bridgehead atoms. The van der Waals surface area contributed by atoms with E-state index in [9.17, 15) is 29.7 Å². The minimum atomic E-state index is -5.23. The molecule has 0 spiro atoms. The van der Waals surface area contributed by atoms with E-state index in [4.69, 9.17) is 5.11 Å². The number of phosphoric ester groups is 1. The van der Waals surface area contributed by atoms with Gasteiger partial charge in [0.15, 0.2) is 0 Å². The molecule has 0 aromatic carbocycles. The molecule has 0 amide bonds. The summed E-state index contributed by atoms with van der Waals surface area (Å²) in [6.45, 7) is -1.86. The summed E-state index contributed by atoms with van der Waals surface area (Å²) in [7, 11) is -5.23. The third-order valence-corrected chi connectivity index (χ3v) is 2.61. The van der Waals surface area contributed by atoms with E-state index in [0.717, 1.165) is 0 Å². The molecule has 0 aromatic rings. The molecular formula is C6H11Na2O9P. The second-order valence-corrected chi connectivity index (χ2v) is 4.49. The number of ether oxygens (including phenoxy) is 1. The first kappa shape index (κ1) is 22.2. The van der Waals surface area contributed by atoms with Crippen LogP contribution < -0.4 is 68.9 Å². The maximum atomic E-state index is 10.1. The molecule has 12 heteroatoms. The monoisotopic (exact) mass is 304 g/mol. The molecule has 4 N–H and O–H groups in total. The number of phosphoric acid groups is 1. The first-order valence-electron chi connectivity index (χ1n) is 4.23. The summed E-state index contributed by atoms with van der Waals surface area (Å²) in [5, 5.41) is 36.6. The number of aliphatic hydroxyl groups is 4. The number of rotatable bonds is 4. The zero-order valence-electron chi connectivity index (χ0n) is 9.92. The van der Waals surface area contributed by atoms with Crippen LogP contribution in [0, 0.1) is 0 Å². The standard InChI is InChI=1S/C6H13O9P.2Na/c7-2-6(10)5(9)4(8)3(15-6)1-14-16(11,12)13;;/h3-5,7-10H,1-2H2,(H2,11,12,13);;/q;2*+1/p-2/t3-,4+,5-,6?;;/m1../s1. The largest absolute Gasteiger partial charge is 1.00 e. The zero-order chi connectivity index (χ0) is 12.6. The molecule has 1 fully saturated rings. The van der Waals surface area contributed by atoms with Crippen LogP contribution in [0.15, 0.2) is 0 Å². The summed E-state index contributed by atoms with van der Waals surface area (Å²) in [6, 6.07) is 0. The van der Waals surface area contributed by atoms with Crippen LogP contribution in [-0.4, -0.2) is 57.7 Å². The Balaban J connectivity index is 0. The van der Waals surface area contributed by atoms with Gasteiger partial charge >= 0.3 is 59.1 Å². The van der Waals surface area contributed by atoms with Crippen molar-refractivity contribution in [1.29, 1.82) is 0 Å². The van der Waals surface area contributed by atoms with Crippen LogP contribution in [0.1, 0.15) is 0 Å². The first-order valence-corrected chi connectivity index (χ1v) is 5.69. The average Bonchev–Trinajstić information content (AvgIpc) is 2.40. The van der Waals surface area contributed by atoms with Gasteiger partial charge in [-0.3, -0.25) is 0 Å². The summed E-state index contributed by atoms with van der Waals surface area (Å²) in [6.07, 6.45) is -4.93. The summed E-state index contributed by atoms with van der Waals surface area (Å²) in [5.41, 5.74) is 0. The molecule has 18 heavy (non-hydrogen) atoms. The molecule has 0 radical (unpaired) electrons. The third-order valence-electron chi connectivity index (χ3n) is 2.15. The average molecular weight is 304 g/mol. The Morgan fingerprint density at radius 3 is 2.17 bits per heavy atom. The maximum Gasteiger partial charge on any atom is 1.00 e. The van der Waals surface area contributed by atoms with Crippen LogP contribution >= 0.6 is 7.82 Å². The molecule has 1 aliphatic rings. The molecule has 9 nitrogen and oxygen atoms in total. The predicted molar refractivity (Wildman–Crippen MR) is 42.5 cm³/mol. The van der Waals surface area contributed by atoms with Crippen molar-refractivity contribution in [3.05, 3.63) is 0 Å². The molecule has 0 aromatic heterocycles. The normalized spacial score (nSPS) is 35.8. The number of hydrogen-bond acceptors (Lipinski definition) is 9. The Hall–Kier alpha value is 1.91. The molecule has 1 rings (SSSR count). The first-order chi connectivity index (χ1) is 7.19. The van der Waals surface area contributed by atoms with Gasteiger partial charge in [-0.25, -0.2) is 0 Å². The van der Waals surface area contributed by atoms with Gasteiger partial charge in [-0.2, -0.15) is 0 Å². The molecule has 1 aliphatic heterocycles. The quantitative estimate of drug-likeness (QED) is 0.292. The summed E-state index contributed by atoms with van der Waals surface area (Å²) in [5.74, 6) is -2.40. The predicted octanol–water partition coefficient (Wildman–Crippen LogP) is -10.4. The van der Waals surface area contributed by atoms with Crippen molar-refractivity contribution in [2.24, 2.45) is 0 Å². The fourth-order valence-electron chi connectivity index (χ4n) is 1.30. The minimum Gasteiger partial charge on any atom is -0.790 e. The fraction of sp³-hybridized carbons (Fsp3) is 1.00. The van der Waals surface area contributed by atoms with E-state index in [1.165, 1.54) is 0 Å². The van der Waals surface area contributed by atoms with Crippen molar-refractivity contribution < 1.29 is 103 Å². The SMILES string of the molecule is O=P([O-])([O-])OC[C@H]1OC(O)(CO)[C@H](O)[C@H]1O.[Na+].[Na+]. The van der Waals surface area contributed by atoms with Crippen molar-refractivity contribution >= 4 is 7.82 Å². The van der Waals surface area contributed by atoms with E-state index < -0.39 is 45.1 Å². The van der Waals surface area contributed by atoms with Crippen molar-refractivity contribution in [2.75, 3.05) is 13.2 Å². The molecule has 0 aliphatic carbocycles. The van der Waals surface area contributed by atoms with E-state index in [2.05, 4.69) is 9.26 Å². The van der Waals surface area contributed by atoms with Crippen molar-refractivity contribution in [1.82, 2.24) is 0 Å². The Kier molecular flexibility index (Phi) is 10.3. The Morgan fingerprint density at radius 2 is 1.83 bits per heavy atom. The molecule has 96 valence electrons. The van der Waals surface area contributed by atoms with Crippen LogP contribution in [0.4, 0.5) is 0 Å². The van der Waals surface area contributed by atoms with E-state index in [1.54, 1.807) is 0 Å². The van der Waals surface area contributed by atoms with Crippen LogP contribution in [-0.2, 0) is 13.8 Å². The van der Waals surface area contributed by atoms with Gasteiger partial charge in [0.05, 0.1) is 21.0 Å². The van der Waals surface area contributed by atoms with E-state index in [0.29, 0.717) is 0 Å². The Bertz CT molecular complexity index is 299. The van der Waals surface area contributed by atoms with Gasteiger partial charge in [0.25, 0.3) is 0 Å². The summed E-state index contributed by atoms with van der Waals surface area (Å²) < 4.78 is 18.6. The Morgan fingerprint density at radius 1 is 1.33 bits per heavy atom. The third kappa shape index (κ3) is 5.72. The van der Waals surface area contributed by atoms with Crippen LogP contribution in [0.25, 0.3) is 0 Å². The molecule has 0 saturated carbocycles. The van der Waals surface area contributed by atoms with Crippen molar-refractivity contribution in [3.8, 4) is 0 Å². The molecule has 1 saturated heterocycles. The smallest absolute Gasteiger partial charge is 0.790 e. The van der Waals surface area contributed by atoms with Gasteiger partial charge < -0.3 is 44.0 Å². The van der Waals surface area contributed by atoms with Gasteiger partial charge in [0, 0.05) is 0 Å². The minimum absolute atomic E-state index is 0. The Labute approximate surface area is 147 Å². The summed E-state index contributed by atoms with van der Waals surface area (Å²) in [4.78, 5) is 20.3. The van der Waals surface area contributed by atoms with Crippen molar-refractivity contribution in [2.45, 2.75) is 24.1 Å². The van der Waals surface area contributed by atoms with Crippen LogP contribution in [0.3, 0.4) is 0 Å². The number of hydrogen-bond donors (Lipinski definition) is 4. The van der Waals surface area contributed by atoms with Gasteiger partial charge in [-0.15, -0.1) is 0 Å². The van der Waals surface area contributed by atoms with E-state index >= 15 is 0 Å². The molecule has 1 heterocycles. The van der Waals surface area contributed by atoms with E-state index in [-0.39, 0.29) is 59.1 Å². The van der Waals surface area contributed by atoms with Gasteiger partial charge in [-0.05, 0) is 0 Å². The van der Waals surface area contributed by atoms with E-state index in [1.807, 2.05) is 0 Å². The van der Waals surface area contributed by atoms with Gasteiger partial charge in [0.1, 0.15) is 18.3 Å². The molecule has 4 atom stereocenters. The fourth-order valence-corrected chi connectivity index (χ4v) is 1.63. The molecular weight excluding hydrogens is 293 g/mol. The topological polar surface area (TPSA) is 163 Å². The second-order valence-electron chi connectivity index (χ2n) is 3.34. The van der Waals surface area contributed by atoms with Gasteiger partial charge in [0.2, 0.25) is 5.79 Å². The number of aliphatic hydroxyl groups excluding tert-OH is 3. The van der Waals surface area contributed by atoms with Crippen LogP contribution in [0.5, 0.6) is 0 Å². The zero-order valence-corrected chi connectivity index (χ0v) is 14.8. The van der Waals surface area contributed by atoms with Crippen molar-refractivity contribution in [3.63, 3.8) is 0 Å². The maximum absolute atomic E-state index is 10.1. The van der Waals surface area contributed by atoms with Crippen LogP contribution in [0.2, 0.25) is 0 Å². The molecule has 1 unspecified atom stereocenters. The van der Waals surface area contributed by atoms with Gasteiger partial charge in [-0.1, -0.05) is 0 Å². The summed E-state index contributed by atoms with van der Waals surface area (Å²) >= 11 is 0. The second kappa shape index (κ2) is 8.38.